The Bertz CT molecular complexity index is 2400. The zero-order chi connectivity index (χ0) is 41.5. The summed E-state index contributed by atoms with van der Waals surface area (Å²) in [6.45, 7) is 0. The molecule has 0 bridgehead atoms. The van der Waals surface area contributed by atoms with Crippen LogP contribution in [0.15, 0.2) is 232 Å². The summed E-state index contributed by atoms with van der Waals surface area (Å²) in [5.41, 5.74) is 11.4. The Kier molecular flexibility index (Phi) is 12.7. The molecule has 0 radical (unpaired) electrons. The third kappa shape index (κ3) is 9.33. The van der Waals surface area contributed by atoms with Gasteiger partial charge in [-0.05, 0) is 69.8 Å². The average Bonchev–Trinajstić information content (AvgIpc) is 3.31. The predicted molar refractivity (Wildman–Crippen MR) is 263 cm³/mol. The van der Waals surface area contributed by atoms with Crippen LogP contribution < -0.4 is 11.4 Å². The van der Waals surface area contributed by atoms with Gasteiger partial charge in [0.05, 0.1) is 0 Å². The molecule has 0 amide bonds. The number of benzene rings is 9. The molecule has 0 atom stereocenters. The summed E-state index contributed by atoms with van der Waals surface area (Å²) in [6.07, 6.45) is 0. The molecule has 0 unspecified atom stereocenters. The van der Waals surface area contributed by atoms with Crippen molar-refractivity contribution in [3.63, 3.8) is 0 Å². The zero-order valence-corrected chi connectivity index (χ0v) is 38.6. The molecule has 0 N–H and O–H groups in total. The second kappa shape index (κ2) is 19.0. The van der Waals surface area contributed by atoms with Gasteiger partial charge in [-0.3, -0.25) is 0 Å². The van der Waals surface area contributed by atoms with E-state index in [0.29, 0.717) is 17.2 Å². The molecule has 294 valence electrons. The second-order valence-corrected chi connectivity index (χ2v) is 18.4. The minimum atomic E-state index is -3.42. The van der Waals surface area contributed by atoms with Gasteiger partial charge in [0, 0.05) is 46.8 Å². The van der Waals surface area contributed by atoms with Crippen LogP contribution in [0.4, 0.5) is 0 Å². The maximum atomic E-state index is 7.52. The Labute approximate surface area is 387 Å². The van der Waals surface area contributed by atoms with Crippen LogP contribution in [0.1, 0.15) is 0 Å². The third-order valence-corrected chi connectivity index (χ3v) is 13.0. The van der Waals surface area contributed by atoms with Gasteiger partial charge in [-0.25, -0.2) is 0 Å². The number of hydrogen-bond acceptors (Lipinski definition) is 3. The molecule has 0 aliphatic heterocycles. The Hall–Kier alpha value is -5.65. The lowest BCUT2D eigenvalue weighted by Gasteiger charge is -2.26. The molecular weight excluding hydrogens is 963 g/mol. The standard InChI is InChI=1S/3C18H13BrO.Al/c3*19-15-11-16(13-7-3-1-4-8-13)18(20)17(12-15)14-9-5-2-6-10-14;/h3*1-12,20H;/q;;;+3/p-3. The minimum absolute atomic E-state index is 0.663. The highest BCUT2D eigenvalue weighted by Crippen LogP contribution is 2.47. The van der Waals surface area contributed by atoms with Crippen molar-refractivity contribution in [2.24, 2.45) is 0 Å². The van der Waals surface area contributed by atoms with Crippen LogP contribution in [0, 0.1) is 0 Å². The average molecular weight is 1000 g/mol. The molecule has 0 aromatic heterocycles. The summed E-state index contributed by atoms with van der Waals surface area (Å²) in [5.74, 6) is 1.99. The Morgan fingerprint density at radius 2 is 0.410 bits per heavy atom. The van der Waals surface area contributed by atoms with E-state index in [-0.39, 0.29) is 0 Å². The molecule has 0 saturated carbocycles. The molecule has 0 fully saturated rings. The van der Waals surface area contributed by atoms with Gasteiger partial charge in [0.15, 0.2) is 0 Å². The largest absolute Gasteiger partial charge is 1.20 e. The lowest BCUT2D eigenvalue weighted by atomic mass is 9.97. The van der Waals surface area contributed by atoms with E-state index in [0.717, 1.165) is 80.2 Å². The van der Waals surface area contributed by atoms with Gasteiger partial charge in [0.2, 0.25) is 0 Å². The number of hydrogen-bond donors (Lipinski definition) is 0. The van der Waals surface area contributed by atoms with Crippen LogP contribution in [-0.4, -0.2) is 15.1 Å². The first-order valence-corrected chi connectivity index (χ1v) is 23.6. The van der Waals surface area contributed by atoms with Crippen LogP contribution in [-0.2, 0) is 0 Å². The summed E-state index contributed by atoms with van der Waals surface area (Å²) in [5, 5.41) is 0. The van der Waals surface area contributed by atoms with Gasteiger partial charge in [-0.2, -0.15) is 0 Å². The summed E-state index contributed by atoms with van der Waals surface area (Å²) in [4.78, 5) is 0. The fourth-order valence-corrected chi connectivity index (χ4v) is 10.4. The third-order valence-electron chi connectivity index (χ3n) is 10.3. The van der Waals surface area contributed by atoms with Crippen LogP contribution in [0.2, 0.25) is 0 Å². The smallest absolute Gasteiger partial charge is 0.576 e. The molecule has 0 aliphatic rings. The minimum Gasteiger partial charge on any atom is -0.576 e. The first kappa shape index (κ1) is 40.7. The molecule has 3 nitrogen and oxygen atoms in total. The zero-order valence-electron chi connectivity index (χ0n) is 32.7. The summed E-state index contributed by atoms with van der Waals surface area (Å²) in [7, 11) is 0. The number of halogens is 3. The Morgan fingerprint density at radius 1 is 0.246 bits per heavy atom. The quantitative estimate of drug-likeness (QED) is 0.114. The van der Waals surface area contributed by atoms with Crippen LogP contribution in [0.5, 0.6) is 17.2 Å². The van der Waals surface area contributed by atoms with Crippen molar-refractivity contribution in [3.05, 3.63) is 232 Å². The van der Waals surface area contributed by atoms with Gasteiger partial charge in [0.25, 0.3) is 0 Å². The molecule has 61 heavy (non-hydrogen) atoms. The van der Waals surface area contributed by atoms with Crippen molar-refractivity contribution in [1.29, 1.82) is 0 Å². The first-order chi connectivity index (χ1) is 30.0. The van der Waals surface area contributed by atoms with Gasteiger partial charge >= 0.3 is 15.1 Å². The lowest BCUT2D eigenvalue weighted by Crippen LogP contribution is -2.38. The topological polar surface area (TPSA) is 27.7 Å². The van der Waals surface area contributed by atoms with E-state index in [4.69, 9.17) is 11.4 Å². The van der Waals surface area contributed by atoms with Crippen molar-refractivity contribution in [2.45, 2.75) is 0 Å². The maximum Gasteiger partial charge on any atom is 1.20 e. The highest BCUT2D eigenvalue weighted by Gasteiger charge is 2.48. The van der Waals surface area contributed by atoms with E-state index in [2.05, 4.69) is 157 Å². The van der Waals surface area contributed by atoms with E-state index in [9.17, 15) is 0 Å². The van der Waals surface area contributed by atoms with Crippen molar-refractivity contribution >= 4 is 62.9 Å². The summed E-state index contributed by atoms with van der Waals surface area (Å²) in [6, 6.07) is 74.6. The molecule has 0 aliphatic carbocycles. The van der Waals surface area contributed by atoms with Crippen LogP contribution >= 0.6 is 47.8 Å². The normalized spacial score (nSPS) is 10.9. The second-order valence-electron chi connectivity index (χ2n) is 14.3. The van der Waals surface area contributed by atoms with Gasteiger partial charge in [-0.1, -0.05) is 230 Å². The predicted octanol–water partition coefficient (Wildman–Crippen LogP) is 16.5. The molecule has 9 aromatic rings. The molecule has 9 rings (SSSR count). The Balaban J connectivity index is 1.32. The van der Waals surface area contributed by atoms with Crippen molar-refractivity contribution in [3.8, 4) is 84.0 Å². The van der Waals surface area contributed by atoms with Crippen LogP contribution in [0.3, 0.4) is 0 Å². The monoisotopic (exact) mass is 996 g/mol. The molecule has 0 saturated heterocycles. The molecular formula is C54H36AlBr3O3. The van der Waals surface area contributed by atoms with Crippen molar-refractivity contribution < 1.29 is 11.4 Å². The van der Waals surface area contributed by atoms with E-state index in [1.54, 1.807) is 0 Å². The van der Waals surface area contributed by atoms with Crippen LogP contribution in [0.25, 0.3) is 66.8 Å². The van der Waals surface area contributed by atoms with Gasteiger partial charge in [0.1, 0.15) is 17.2 Å². The van der Waals surface area contributed by atoms with Gasteiger partial charge < -0.3 is 11.4 Å². The van der Waals surface area contributed by atoms with Crippen molar-refractivity contribution in [2.75, 3.05) is 0 Å². The molecule has 7 heteroatoms. The highest BCUT2D eigenvalue weighted by molar-refractivity contribution is 9.11. The first-order valence-electron chi connectivity index (χ1n) is 19.8. The fourth-order valence-electron chi connectivity index (χ4n) is 7.52. The maximum absolute atomic E-state index is 7.52. The van der Waals surface area contributed by atoms with E-state index in [1.807, 2.05) is 109 Å². The fraction of sp³-hybridized carbons (Fsp3) is 0. The van der Waals surface area contributed by atoms with E-state index >= 15 is 0 Å². The number of rotatable bonds is 12. The van der Waals surface area contributed by atoms with E-state index in [1.165, 1.54) is 0 Å². The summed E-state index contributed by atoms with van der Waals surface area (Å²) >= 11 is 8.15. The van der Waals surface area contributed by atoms with Crippen molar-refractivity contribution in [1.82, 2.24) is 0 Å². The lowest BCUT2D eigenvalue weighted by molar-refractivity contribution is 0.310. The molecule has 0 heterocycles. The molecule has 9 aromatic carbocycles. The molecule has 0 spiro atoms. The van der Waals surface area contributed by atoms with Gasteiger partial charge in [-0.15, -0.1) is 0 Å². The summed E-state index contributed by atoms with van der Waals surface area (Å²) < 4.78 is 25.3. The Morgan fingerprint density at radius 3 is 0.574 bits per heavy atom. The highest BCUT2D eigenvalue weighted by atomic mass is 79.9. The van der Waals surface area contributed by atoms with E-state index < -0.39 is 15.1 Å². The SMILES string of the molecule is Brc1cc(-c2ccccc2)c([O][Al]([O]c2c(-c3ccccc3)cc(Br)cc2-c2ccccc2)[O]c2c(-c3ccccc3)cc(Br)cc2-c2ccccc2)c(-c2ccccc2)c1.